The van der Waals surface area contributed by atoms with Gasteiger partial charge < -0.3 is 15.0 Å². The molecule has 27 heavy (non-hydrogen) atoms. The second-order valence-corrected chi connectivity index (χ2v) is 6.15. The fourth-order valence-electron chi connectivity index (χ4n) is 2.92. The number of carbonyl (C=O) groups is 2. The van der Waals surface area contributed by atoms with Gasteiger partial charge in [-0.15, -0.1) is 0 Å². The standard InChI is InChI=1S/C19H23N5O3/c1-3-24(14(2)25)18-5-4-16(12-21-18)22-19(26)15-10-17(13-20-11-15)23-6-8-27-9-7-23/h4-5,10-13H,3,6-9H2,1-2H3,(H,22,26). The molecule has 1 N–H and O–H groups in total. The van der Waals surface area contributed by atoms with Gasteiger partial charge in [0.2, 0.25) is 5.91 Å². The minimum Gasteiger partial charge on any atom is -0.378 e. The van der Waals surface area contributed by atoms with Crippen LogP contribution in [0.25, 0.3) is 0 Å². The lowest BCUT2D eigenvalue weighted by molar-refractivity contribution is -0.116. The molecule has 0 unspecified atom stereocenters. The summed E-state index contributed by atoms with van der Waals surface area (Å²) in [7, 11) is 0. The van der Waals surface area contributed by atoms with E-state index in [9.17, 15) is 9.59 Å². The van der Waals surface area contributed by atoms with Crippen molar-refractivity contribution >= 4 is 29.0 Å². The molecule has 0 aliphatic carbocycles. The zero-order valence-corrected chi connectivity index (χ0v) is 15.5. The topological polar surface area (TPSA) is 87.7 Å². The molecule has 0 spiro atoms. The molecular formula is C19H23N5O3. The fourth-order valence-corrected chi connectivity index (χ4v) is 2.92. The van der Waals surface area contributed by atoms with Gasteiger partial charge in [0, 0.05) is 32.8 Å². The van der Waals surface area contributed by atoms with Crippen LogP contribution in [-0.4, -0.2) is 54.6 Å². The maximum absolute atomic E-state index is 12.5. The number of rotatable bonds is 5. The van der Waals surface area contributed by atoms with Crippen molar-refractivity contribution < 1.29 is 14.3 Å². The maximum atomic E-state index is 12.5. The monoisotopic (exact) mass is 369 g/mol. The molecule has 3 heterocycles. The van der Waals surface area contributed by atoms with E-state index in [0.717, 1.165) is 18.8 Å². The van der Waals surface area contributed by atoms with Gasteiger partial charge in [-0.2, -0.15) is 0 Å². The first-order chi connectivity index (χ1) is 13.1. The Kier molecular flexibility index (Phi) is 5.97. The number of nitrogens with zero attached hydrogens (tertiary/aromatic N) is 4. The summed E-state index contributed by atoms with van der Waals surface area (Å²) in [6.07, 6.45) is 4.83. The molecule has 8 heteroatoms. The maximum Gasteiger partial charge on any atom is 0.257 e. The second-order valence-electron chi connectivity index (χ2n) is 6.15. The molecule has 1 aliphatic heterocycles. The molecule has 1 aliphatic rings. The number of nitrogens with one attached hydrogen (secondary N) is 1. The number of anilines is 3. The molecule has 2 aromatic heterocycles. The van der Waals surface area contributed by atoms with Gasteiger partial charge in [0.25, 0.3) is 5.91 Å². The van der Waals surface area contributed by atoms with Gasteiger partial charge in [0.15, 0.2) is 0 Å². The van der Waals surface area contributed by atoms with E-state index in [1.165, 1.54) is 19.3 Å². The molecular weight excluding hydrogens is 346 g/mol. The summed E-state index contributed by atoms with van der Waals surface area (Å²) in [6, 6.07) is 5.26. The fraction of sp³-hybridized carbons (Fsp3) is 0.368. The van der Waals surface area contributed by atoms with E-state index in [0.29, 0.717) is 36.8 Å². The number of morpholine rings is 1. The third kappa shape index (κ3) is 4.59. The highest BCUT2D eigenvalue weighted by atomic mass is 16.5. The first-order valence-electron chi connectivity index (χ1n) is 8.91. The molecule has 0 aromatic carbocycles. The average Bonchev–Trinajstić information content (AvgIpc) is 2.70. The van der Waals surface area contributed by atoms with Crippen LogP contribution in [0.3, 0.4) is 0 Å². The molecule has 1 saturated heterocycles. The Labute approximate surface area is 158 Å². The highest BCUT2D eigenvalue weighted by Gasteiger charge is 2.15. The van der Waals surface area contributed by atoms with Crippen LogP contribution in [0.4, 0.5) is 17.2 Å². The molecule has 0 radical (unpaired) electrons. The largest absolute Gasteiger partial charge is 0.378 e. The van der Waals surface area contributed by atoms with E-state index in [4.69, 9.17) is 4.74 Å². The van der Waals surface area contributed by atoms with Crippen molar-refractivity contribution in [1.82, 2.24) is 9.97 Å². The lowest BCUT2D eigenvalue weighted by atomic mass is 10.2. The van der Waals surface area contributed by atoms with Crippen molar-refractivity contribution in [3.63, 3.8) is 0 Å². The molecule has 8 nitrogen and oxygen atoms in total. The summed E-state index contributed by atoms with van der Waals surface area (Å²) in [5, 5.41) is 2.81. The van der Waals surface area contributed by atoms with Gasteiger partial charge in [-0.3, -0.25) is 19.5 Å². The van der Waals surface area contributed by atoms with Crippen molar-refractivity contribution in [2.24, 2.45) is 0 Å². The van der Waals surface area contributed by atoms with E-state index in [-0.39, 0.29) is 11.8 Å². The van der Waals surface area contributed by atoms with Gasteiger partial charge in [0.05, 0.1) is 42.5 Å². The second kappa shape index (κ2) is 8.59. The van der Waals surface area contributed by atoms with Gasteiger partial charge in [0.1, 0.15) is 5.82 Å². The Bertz CT molecular complexity index is 803. The predicted octanol–water partition coefficient (Wildman–Crippen LogP) is 1.94. The molecule has 142 valence electrons. The van der Waals surface area contributed by atoms with Crippen LogP contribution in [0.15, 0.2) is 36.8 Å². The van der Waals surface area contributed by atoms with Crippen molar-refractivity contribution in [3.05, 3.63) is 42.4 Å². The molecule has 3 rings (SSSR count). The first-order valence-corrected chi connectivity index (χ1v) is 8.91. The van der Waals surface area contributed by atoms with Gasteiger partial charge in [-0.05, 0) is 25.1 Å². The third-order valence-corrected chi connectivity index (χ3v) is 4.34. The van der Waals surface area contributed by atoms with Crippen LogP contribution in [0.5, 0.6) is 0 Å². The number of hydrogen-bond donors (Lipinski definition) is 1. The van der Waals surface area contributed by atoms with E-state index in [1.807, 2.05) is 13.0 Å². The number of amides is 2. The SMILES string of the molecule is CCN(C(C)=O)c1ccc(NC(=O)c2cncc(N3CCOCC3)c2)cn1. The van der Waals surface area contributed by atoms with Crippen molar-refractivity contribution in [2.45, 2.75) is 13.8 Å². The van der Waals surface area contributed by atoms with Crippen LogP contribution in [-0.2, 0) is 9.53 Å². The smallest absolute Gasteiger partial charge is 0.257 e. The number of aromatic nitrogens is 2. The highest BCUT2D eigenvalue weighted by Crippen LogP contribution is 2.18. The normalized spacial score (nSPS) is 13.9. The third-order valence-electron chi connectivity index (χ3n) is 4.34. The van der Waals surface area contributed by atoms with Crippen LogP contribution < -0.4 is 15.1 Å². The number of pyridine rings is 2. The minimum absolute atomic E-state index is 0.0761. The van der Waals surface area contributed by atoms with Gasteiger partial charge >= 0.3 is 0 Å². The lowest BCUT2D eigenvalue weighted by Gasteiger charge is -2.28. The molecule has 0 atom stereocenters. The van der Waals surface area contributed by atoms with Gasteiger partial charge in [-0.1, -0.05) is 0 Å². The summed E-state index contributed by atoms with van der Waals surface area (Å²) < 4.78 is 5.35. The summed E-state index contributed by atoms with van der Waals surface area (Å²) in [4.78, 5) is 36.3. The van der Waals surface area contributed by atoms with Crippen LogP contribution in [0.1, 0.15) is 24.2 Å². The van der Waals surface area contributed by atoms with E-state index in [2.05, 4.69) is 20.2 Å². The summed E-state index contributed by atoms with van der Waals surface area (Å²) in [5.74, 6) is 0.220. The molecule has 2 aromatic rings. The number of hydrogen-bond acceptors (Lipinski definition) is 6. The van der Waals surface area contributed by atoms with Crippen LogP contribution in [0, 0.1) is 0 Å². The molecule has 1 fully saturated rings. The van der Waals surface area contributed by atoms with Crippen LogP contribution in [0.2, 0.25) is 0 Å². The summed E-state index contributed by atoms with van der Waals surface area (Å²) in [5.41, 5.74) is 1.93. The molecule has 2 amide bonds. The Balaban J connectivity index is 1.69. The Morgan fingerprint density at radius 2 is 2.00 bits per heavy atom. The van der Waals surface area contributed by atoms with E-state index >= 15 is 0 Å². The lowest BCUT2D eigenvalue weighted by Crippen LogP contribution is -2.36. The van der Waals surface area contributed by atoms with E-state index in [1.54, 1.807) is 23.2 Å². The highest BCUT2D eigenvalue weighted by molar-refractivity contribution is 6.04. The van der Waals surface area contributed by atoms with Crippen molar-refractivity contribution in [2.75, 3.05) is 48.0 Å². The predicted molar refractivity (Wildman–Crippen MR) is 103 cm³/mol. The van der Waals surface area contributed by atoms with Crippen molar-refractivity contribution in [1.29, 1.82) is 0 Å². The first kappa shape index (κ1) is 18.8. The average molecular weight is 369 g/mol. The molecule has 0 bridgehead atoms. The quantitative estimate of drug-likeness (QED) is 0.867. The number of carbonyl (C=O) groups excluding carboxylic acids is 2. The Hall–Kier alpha value is -3.00. The summed E-state index contributed by atoms with van der Waals surface area (Å²) >= 11 is 0. The summed E-state index contributed by atoms with van der Waals surface area (Å²) in [6.45, 7) is 6.81. The van der Waals surface area contributed by atoms with Crippen LogP contribution >= 0.6 is 0 Å². The zero-order chi connectivity index (χ0) is 19.2. The zero-order valence-electron chi connectivity index (χ0n) is 15.5. The molecule has 0 saturated carbocycles. The minimum atomic E-state index is -0.258. The Morgan fingerprint density at radius 1 is 1.22 bits per heavy atom. The van der Waals surface area contributed by atoms with Crippen molar-refractivity contribution in [3.8, 4) is 0 Å². The van der Waals surface area contributed by atoms with Gasteiger partial charge in [-0.25, -0.2) is 4.98 Å². The van der Waals surface area contributed by atoms with E-state index < -0.39 is 0 Å². The Morgan fingerprint density at radius 3 is 2.63 bits per heavy atom. The number of ether oxygens (including phenoxy) is 1.